The Kier molecular flexibility index (Phi) is 4.68. The van der Waals surface area contributed by atoms with Gasteiger partial charge in [0, 0.05) is 0 Å². The molecule has 0 aliphatic carbocycles. The van der Waals surface area contributed by atoms with Crippen LogP contribution in [-0.4, -0.2) is 6.16 Å². The fraction of sp³-hybridized carbons (Fsp3) is 0.417. The van der Waals surface area contributed by atoms with Crippen molar-refractivity contribution in [1.82, 2.24) is 0 Å². The molecule has 0 heterocycles. The van der Waals surface area contributed by atoms with E-state index in [4.69, 9.17) is 4.74 Å². The van der Waals surface area contributed by atoms with E-state index in [2.05, 4.69) is 6.92 Å². The molecule has 0 spiro atoms. The van der Waals surface area contributed by atoms with Gasteiger partial charge in [0.1, 0.15) is 6.10 Å². The van der Waals surface area contributed by atoms with Crippen LogP contribution in [0.4, 0.5) is 4.79 Å². The number of carbonyl (C=O) groups is 1. The first kappa shape index (κ1) is 11.6. The first-order valence-corrected chi connectivity index (χ1v) is 5.16. The molecule has 0 N–H and O–H groups in total. The zero-order valence-corrected chi connectivity index (χ0v) is 8.81. The van der Waals surface area contributed by atoms with E-state index in [0.29, 0.717) is 6.42 Å². The third kappa shape index (κ3) is 4.02. The summed E-state index contributed by atoms with van der Waals surface area (Å²) in [5, 5.41) is 10.4. The van der Waals surface area contributed by atoms with Gasteiger partial charge < -0.3 is 4.74 Å². The minimum absolute atomic E-state index is 0.392. The molecular formula is C12H15O3. The van der Waals surface area contributed by atoms with Crippen molar-refractivity contribution in [3.63, 3.8) is 0 Å². The van der Waals surface area contributed by atoms with Crippen molar-refractivity contribution >= 4 is 6.16 Å². The summed E-state index contributed by atoms with van der Waals surface area (Å²) in [7, 11) is 0. The fourth-order valence-electron chi connectivity index (χ4n) is 1.47. The number of carbonyl (C=O) groups excluding carboxylic acids is 1. The summed E-state index contributed by atoms with van der Waals surface area (Å²) in [4.78, 5) is 10.4. The second-order valence-corrected chi connectivity index (χ2v) is 3.41. The van der Waals surface area contributed by atoms with Crippen molar-refractivity contribution in [1.29, 1.82) is 0 Å². The molecule has 1 rings (SSSR count). The minimum atomic E-state index is -1.46. The lowest BCUT2D eigenvalue weighted by Crippen LogP contribution is -2.08. The van der Waals surface area contributed by atoms with Crippen LogP contribution in [0.25, 0.3) is 0 Å². The van der Waals surface area contributed by atoms with Crippen molar-refractivity contribution in [2.75, 3.05) is 0 Å². The van der Waals surface area contributed by atoms with Gasteiger partial charge in [-0.05, 0) is 18.4 Å². The van der Waals surface area contributed by atoms with Crippen LogP contribution >= 0.6 is 0 Å². The van der Waals surface area contributed by atoms with E-state index in [-0.39, 0.29) is 0 Å². The second kappa shape index (κ2) is 6.06. The lowest BCUT2D eigenvalue weighted by molar-refractivity contribution is 0.0275. The molecule has 81 valence electrons. The molecule has 0 bridgehead atoms. The molecule has 3 heteroatoms. The molecule has 0 aliphatic heterocycles. The average molecular weight is 207 g/mol. The standard InChI is InChI=1S/C12H15O3/c1-2-3-9-11(15-12(13)14)10-7-5-4-6-8-10/h4-8,11H,2-3,9H2,1H3. The lowest BCUT2D eigenvalue weighted by Gasteiger charge is -2.14. The van der Waals surface area contributed by atoms with Crippen LogP contribution in [0.5, 0.6) is 0 Å². The number of ether oxygens (including phenoxy) is 1. The van der Waals surface area contributed by atoms with E-state index in [1.54, 1.807) is 0 Å². The third-order valence-corrected chi connectivity index (χ3v) is 2.23. The van der Waals surface area contributed by atoms with Crippen LogP contribution in [0.3, 0.4) is 0 Å². The van der Waals surface area contributed by atoms with E-state index in [0.717, 1.165) is 18.4 Å². The summed E-state index contributed by atoms with van der Waals surface area (Å²) in [6, 6.07) is 9.35. The number of rotatable bonds is 5. The Morgan fingerprint density at radius 3 is 2.53 bits per heavy atom. The zero-order chi connectivity index (χ0) is 11.1. The highest BCUT2D eigenvalue weighted by Crippen LogP contribution is 2.23. The van der Waals surface area contributed by atoms with E-state index in [1.807, 2.05) is 30.3 Å². The number of unbranched alkanes of at least 4 members (excludes halogenated alkanes) is 1. The van der Waals surface area contributed by atoms with Gasteiger partial charge in [-0.1, -0.05) is 43.7 Å². The summed E-state index contributed by atoms with van der Waals surface area (Å²) in [5.41, 5.74) is 0.884. The molecular weight excluding hydrogens is 192 g/mol. The molecule has 0 amide bonds. The van der Waals surface area contributed by atoms with Gasteiger partial charge in [-0.15, -0.1) is 0 Å². The van der Waals surface area contributed by atoms with Crippen molar-refractivity contribution in [3.05, 3.63) is 35.9 Å². The third-order valence-electron chi connectivity index (χ3n) is 2.23. The van der Waals surface area contributed by atoms with Crippen LogP contribution in [0.1, 0.15) is 37.9 Å². The van der Waals surface area contributed by atoms with E-state index >= 15 is 0 Å². The predicted molar refractivity (Wildman–Crippen MR) is 55.9 cm³/mol. The van der Waals surface area contributed by atoms with E-state index in [9.17, 15) is 9.90 Å². The number of hydrogen-bond acceptors (Lipinski definition) is 2. The van der Waals surface area contributed by atoms with Crippen molar-refractivity contribution in [3.8, 4) is 0 Å². The average Bonchev–Trinajstić information content (AvgIpc) is 2.25. The van der Waals surface area contributed by atoms with Crippen LogP contribution in [0.15, 0.2) is 30.3 Å². The molecule has 0 saturated heterocycles. The Balaban J connectivity index is 2.67. The summed E-state index contributed by atoms with van der Waals surface area (Å²) in [5.74, 6) is 0. The van der Waals surface area contributed by atoms with Gasteiger partial charge >= 0.3 is 6.16 Å². The van der Waals surface area contributed by atoms with Crippen molar-refractivity contribution in [2.24, 2.45) is 0 Å². The Morgan fingerprint density at radius 1 is 1.33 bits per heavy atom. The largest absolute Gasteiger partial charge is 0.550 e. The lowest BCUT2D eigenvalue weighted by atomic mass is 10.0. The number of hydrogen-bond donors (Lipinski definition) is 0. The first-order chi connectivity index (χ1) is 7.24. The zero-order valence-electron chi connectivity index (χ0n) is 8.81. The molecule has 1 atom stereocenters. The molecule has 1 aromatic rings. The SMILES string of the molecule is CCCCC(OC([O])=O)c1ccccc1. The first-order valence-electron chi connectivity index (χ1n) is 5.16. The molecule has 0 aromatic heterocycles. The molecule has 0 fully saturated rings. The van der Waals surface area contributed by atoms with Crippen molar-refractivity contribution < 1.29 is 14.6 Å². The molecule has 1 aromatic carbocycles. The summed E-state index contributed by atoms with van der Waals surface area (Å²) >= 11 is 0. The van der Waals surface area contributed by atoms with Gasteiger partial charge in [0.2, 0.25) is 0 Å². The molecule has 15 heavy (non-hydrogen) atoms. The Hall–Kier alpha value is -1.51. The normalized spacial score (nSPS) is 12.1. The Labute approximate surface area is 89.7 Å². The summed E-state index contributed by atoms with van der Waals surface area (Å²) in [6.07, 6.45) is 0.803. The predicted octanol–water partition coefficient (Wildman–Crippen LogP) is 3.49. The van der Waals surface area contributed by atoms with Crippen LogP contribution in [0.2, 0.25) is 0 Å². The highest BCUT2D eigenvalue weighted by Gasteiger charge is 2.15. The van der Waals surface area contributed by atoms with Crippen LogP contribution < -0.4 is 0 Å². The topological polar surface area (TPSA) is 46.2 Å². The van der Waals surface area contributed by atoms with E-state index in [1.165, 1.54) is 0 Å². The highest BCUT2D eigenvalue weighted by molar-refractivity contribution is 5.56. The summed E-state index contributed by atoms with van der Waals surface area (Å²) in [6.45, 7) is 2.06. The van der Waals surface area contributed by atoms with Gasteiger partial charge in [0.15, 0.2) is 0 Å². The van der Waals surface area contributed by atoms with Crippen LogP contribution in [-0.2, 0) is 9.84 Å². The Bertz CT molecular complexity index is 295. The van der Waals surface area contributed by atoms with E-state index < -0.39 is 12.3 Å². The van der Waals surface area contributed by atoms with Gasteiger partial charge in [-0.2, -0.15) is 9.90 Å². The van der Waals surface area contributed by atoms with Gasteiger partial charge in [0.05, 0.1) is 0 Å². The molecule has 1 unspecified atom stereocenters. The maximum absolute atomic E-state index is 10.4. The number of benzene rings is 1. The Morgan fingerprint density at radius 2 is 2.00 bits per heavy atom. The molecule has 1 radical (unpaired) electrons. The maximum Gasteiger partial charge on any atom is 0.550 e. The smallest absolute Gasteiger partial charge is 0.424 e. The molecule has 3 nitrogen and oxygen atoms in total. The quantitative estimate of drug-likeness (QED) is 0.694. The molecule has 0 aliphatic rings. The maximum atomic E-state index is 10.4. The molecule has 0 saturated carbocycles. The minimum Gasteiger partial charge on any atom is -0.424 e. The van der Waals surface area contributed by atoms with Crippen LogP contribution in [0, 0.1) is 0 Å². The van der Waals surface area contributed by atoms with Gasteiger partial charge in [0.25, 0.3) is 0 Å². The monoisotopic (exact) mass is 207 g/mol. The second-order valence-electron chi connectivity index (χ2n) is 3.41. The highest BCUT2D eigenvalue weighted by atomic mass is 16.7. The van der Waals surface area contributed by atoms with Crippen molar-refractivity contribution in [2.45, 2.75) is 32.3 Å². The fourth-order valence-corrected chi connectivity index (χ4v) is 1.47. The van der Waals surface area contributed by atoms with Gasteiger partial charge in [-0.3, -0.25) is 0 Å². The summed E-state index contributed by atoms with van der Waals surface area (Å²) < 4.78 is 4.74. The van der Waals surface area contributed by atoms with Gasteiger partial charge in [-0.25, -0.2) is 0 Å².